The molecule has 1 aliphatic heterocycles. The van der Waals surface area contributed by atoms with Crippen LogP contribution in [0.3, 0.4) is 0 Å². The van der Waals surface area contributed by atoms with Gasteiger partial charge in [-0.15, -0.1) is 0 Å². The van der Waals surface area contributed by atoms with E-state index in [-0.39, 0.29) is 11.1 Å². The summed E-state index contributed by atoms with van der Waals surface area (Å²) in [5.41, 5.74) is 5.40. The van der Waals surface area contributed by atoms with E-state index in [0.29, 0.717) is 29.2 Å². The molecule has 1 atom stereocenters. The van der Waals surface area contributed by atoms with Crippen molar-refractivity contribution in [3.05, 3.63) is 167 Å². The molecule has 5 aromatic carbocycles. The molecule has 0 spiro atoms. The second-order valence-corrected chi connectivity index (χ2v) is 11.9. The molecular weight excluding hydrogens is 608 g/mol. The van der Waals surface area contributed by atoms with Gasteiger partial charge in [0, 0.05) is 22.9 Å². The molecule has 49 heavy (non-hydrogen) atoms. The van der Waals surface area contributed by atoms with E-state index in [4.69, 9.17) is 9.84 Å². The maximum atomic E-state index is 14.1. The number of hydrogen-bond donors (Lipinski definition) is 0. The van der Waals surface area contributed by atoms with Crippen molar-refractivity contribution < 1.29 is 14.3 Å². The van der Waals surface area contributed by atoms with E-state index in [2.05, 4.69) is 30.3 Å². The average Bonchev–Trinajstić information content (AvgIpc) is 3.57. The van der Waals surface area contributed by atoms with Gasteiger partial charge in [0.1, 0.15) is 24.0 Å². The summed E-state index contributed by atoms with van der Waals surface area (Å²) in [6.07, 6.45) is 3.59. The van der Waals surface area contributed by atoms with Crippen molar-refractivity contribution in [3.63, 3.8) is 0 Å². The van der Waals surface area contributed by atoms with Crippen molar-refractivity contribution in [1.29, 1.82) is 5.26 Å². The Kier molecular flexibility index (Phi) is 8.44. The molecule has 0 fully saturated rings. The van der Waals surface area contributed by atoms with Crippen molar-refractivity contribution in [2.75, 3.05) is 0 Å². The highest BCUT2D eigenvalue weighted by molar-refractivity contribution is 6.20. The number of fused-ring (bicyclic) bond motifs is 1. The van der Waals surface area contributed by atoms with E-state index < -0.39 is 17.9 Å². The highest BCUT2D eigenvalue weighted by atomic mass is 16.5. The van der Waals surface area contributed by atoms with E-state index in [9.17, 15) is 14.9 Å². The summed E-state index contributed by atoms with van der Waals surface area (Å²) in [4.78, 5) is 28.8. The molecule has 0 aliphatic carbocycles. The second kappa shape index (κ2) is 13.3. The maximum absolute atomic E-state index is 14.1. The summed E-state index contributed by atoms with van der Waals surface area (Å²) in [6, 6.07) is 42.6. The molecule has 7 heteroatoms. The van der Waals surface area contributed by atoms with Crippen molar-refractivity contribution in [3.8, 4) is 28.8 Å². The van der Waals surface area contributed by atoms with E-state index >= 15 is 0 Å². The molecule has 1 unspecified atom stereocenters. The third kappa shape index (κ3) is 6.04. The Morgan fingerprint density at radius 3 is 2.22 bits per heavy atom. The van der Waals surface area contributed by atoms with E-state index in [1.54, 1.807) is 24.6 Å². The van der Waals surface area contributed by atoms with Crippen LogP contribution in [-0.4, -0.2) is 26.5 Å². The Morgan fingerprint density at radius 1 is 0.816 bits per heavy atom. The van der Waals surface area contributed by atoms with Gasteiger partial charge in [0.2, 0.25) is 0 Å². The topological polar surface area (TPSA) is 88.2 Å². The van der Waals surface area contributed by atoms with Gasteiger partial charge >= 0.3 is 0 Å². The smallest absolute Gasteiger partial charge is 0.272 e. The number of para-hydroxylation sites is 1. The minimum Gasteiger partial charge on any atom is -0.489 e. The Balaban J connectivity index is 1.26. The van der Waals surface area contributed by atoms with Gasteiger partial charge in [0.15, 0.2) is 0 Å². The third-order valence-electron chi connectivity index (χ3n) is 8.91. The standard InChI is InChI=1S/C42H32N4O3/c1-28-38(41(47)46(42(48)39(28)25-43)29(2)30-12-5-3-6-13-30)24-34-26-45(35-17-7-4-8-18-35)44-40(34)32-20-22-36(23-21-32)49-27-33-16-11-15-31-14-9-10-19-37(31)33/h3-24,26,29H,27H2,1-2H3/b38-24+. The lowest BCUT2D eigenvalue weighted by Crippen LogP contribution is -2.44. The first kappa shape index (κ1) is 31.1. The summed E-state index contributed by atoms with van der Waals surface area (Å²) >= 11 is 0. The molecule has 238 valence electrons. The lowest BCUT2D eigenvalue weighted by atomic mass is 9.91. The van der Waals surface area contributed by atoms with Gasteiger partial charge in [-0.1, -0.05) is 91.0 Å². The molecule has 1 aliphatic rings. The largest absolute Gasteiger partial charge is 0.489 e. The number of hydrogen-bond acceptors (Lipinski definition) is 5. The molecule has 0 radical (unpaired) electrons. The number of aromatic nitrogens is 2. The highest BCUT2D eigenvalue weighted by Crippen LogP contribution is 2.35. The van der Waals surface area contributed by atoms with Crippen molar-refractivity contribution >= 4 is 28.7 Å². The van der Waals surface area contributed by atoms with Crippen LogP contribution < -0.4 is 4.74 Å². The van der Waals surface area contributed by atoms with Crippen LogP contribution in [0.25, 0.3) is 33.8 Å². The molecule has 6 aromatic rings. The van der Waals surface area contributed by atoms with Gasteiger partial charge < -0.3 is 4.74 Å². The van der Waals surface area contributed by atoms with Crippen molar-refractivity contribution in [2.45, 2.75) is 26.5 Å². The zero-order valence-electron chi connectivity index (χ0n) is 27.1. The number of carbonyl (C=O) groups excluding carboxylic acids is 2. The first-order chi connectivity index (χ1) is 23.9. The Bertz CT molecular complexity index is 2290. The van der Waals surface area contributed by atoms with Crippen LogP contribution in [0.1, 0.15) is 36.6 Å². The second-order valence-electron chi connectivity index (χ2n) is 11.9. The van der Waals surface area contributed by atoms with E-state index in [0.717, 1.165) is 27.8 Å². The van der Waals surface area contributed by atoms with Crippen LogP contribution in [0.15, 0.2) is 150 Å². The number of rotatable bonds is 8. The molecule has 0 saturated carbocycles. The number of nitriles is 1. The number of nitrogens with zero attached hydrogens (tertiary/aromatic N) is 4. The Morgan fingerprint density at radius 2 is 1.49 bits per heavy atom. The zero-order valence-corrected chi connectivity index (χ0v) is 27.1. The summed E-state index contributed by atoms with van der Waals surface area (Å²) < 4.78 is 7.96. The van der Waals surface area contributed by atoms with Crippen LogP contribution in [0.2, 0.25) is 0 Å². The minimum absolute atomic E-state index is 0.0571. The Hall–Kier alpha value is -6.52. The SMILES string of the molecule is CC1=C(C#N)C(=O)N(C(C)c2ccccc2)C(=O)/C1=C/c1cn(-c2ccccc2)nc1-c1ccc(OCc2cccc3ccccc23)cc1. The van der Waals surface area contributed by atoms with Gasteiger partial charge in [-0.05, 0) is 83.8 Å². The third-order valence-corrected chi connectivity index (χ3v) is 8.91. The van der Waals surface area contributed by atoms with Gasteiger partial charge in [-0.3, -0.25) is 14.5 Å². The van der Waals surface area contributed by atoms with Crippen LogP contribution in [-0.2, 0) is 16.2 Å². The fraction of sp³-hybridized carbons (Fsp3) is 0.0952. The van der Waals surface area contributed by atoms with Crippen LogP contribution in [0.4, 0.5) is 0 Å². The molecule has 2 heterocycles. The lowest BCUT2D eigenvalue weighted by molar-refractivity contribution is -0.143. The van der Waals surface area contributed by atoms with Crippen LogP contribution in [0, 0.1) is 11.3 Å². The van der Waals surface area contributed by atoms with Gasteiger partial charge in [-0.2, -0.15) is 10.4 Å². The number of benzene rings is 5. The molecule has 1 aromatic heterocycles. The number of amides is 2. The van der Waals surface area contributed by atoms with Gasteiger partial charge in [-0.25, -0.2) is 4.68 Å². The number of imide groups is 1. The van der Waals surface area contributed by atoms with E-state index in [1.807, 2.05) is 109 Å². The fourth-order valence-electron chi connectivity index (χ4n) is 6.21. The van der Waals surface area contributed by atoms with Crippen molar-refractivity contribution in [1.82, 2.24) is 14.7 Å². The average molecular weight is 641 g/mol. The molecule has 7 nitrogen and oxygen atoms in total. The number of carbonyl (C=O) groups is 2. The first-order valence-electron chi connectivity index (χ1n) is 16.0. The van der Waals surface area contributed by atoms with Gasteiger partial charge in [0.25, 0.3) is 11.8 Å². The zero-order chi connectivity index (χ0) is 33.9. The number of ether oxygens (including phenoxy) is 1. The quantitative estimate of drug-likeness (QED) is 0.123. The summed E-state index contributed by atoms with van der Waals surface area (Å²) in [5.74, 6) is -0.353. The maximum Gasteiger partial charge on any atom is 0.272 e. The summed E-state index contributed by atoms with van der Waals surface area (Å²) in [6.45, 7) is 3.86. The fourth-order valence-corrected chi connectivity index (χ4v) is 6.21. The Labute approximate surface area is 284 Å². The molecule has 2 amide bonds. The summed E-state index contributed by atoms with van der Waals surface area (Å²) in [7, 11) is 0. The predicted molar refractivity (Wildman–Crippen MR) is 190 cm³/mol. The molecular formula is C42H32N4O3. The lowest BCUT2D eigenvalue weighted by Gasteiger charge is -2.32. The first-order valence-corrected chi connectivity index (χ1v) is 16.0. The minimum atomic E-state index is -0.599. The monoisotopic (exact) mass is 640 g/mol. The molecule has 7 rings (SSSR count). The molecule has 0 bridgehead atoms. The van der Waals surface area contributed by atoms with Crippen LogP contribution >= 0.6 is 0 Å². The highest BCUT2D eigenvalue weighted by Gasteiger charge is 2.39. The van der Waals surface area contributed by atoms with Gasteiger partial charge in [0.05, 0.1) is 17.4 Å². The predicted octanol–water partition coefficient (Wildman–Crippen LogP) is 8.62. The molecule has 0 N–H and O–H groups in total. The van der Waals surface area contributed by atoms with Crippen LogP contribution in [0.5, 0.6) is 5.75 Å². The normalized spacial score (nSPS) is 14.7. The van der Waals surface area contributed by atoms with E-state index in [1.165, 1.54) is 10.3 Å². The summed E-state index contributed by atoms with van der Waals surface area (Å²) in [5, 5.41) is 17.3. The molecule has 0 saturated heterocycles. The van der Waals surface area contributed by atoms with Crippen molar-refractivity contribution in [2.24, 2.45) is 0 Å².